The SMILES string of the molecule is CC(C)[C@H](NS(=O)(=O)c1ccc2c(c1)oc1ccc(-c3nnn(C)n3)cc12)C(=O)OC(C)(C)C. The molecule has 0 bridgehead atoms. The topological polar surface area (TPSA) is 129 Å². The number of nitrogens with one attached hydrogen (secondary N) is 1. The fourth-order valence-electron chi connectivity index (χ4n) is 3.52. The number of ether oxygens (including phenoxy) is 1. The number of aromatic nitrogens is 4. The van der Waals surface area contributed by atoms with Gasteiger partial charge < -0.3 is 9.15 Å². The summed E-state index contributed by atoms with van der Waals surface area (Å²) in [5.74, 6) is -0.460. The molecule has 0 spiro atoms. The van der Waals surface area contributed by atoms with Crippen LogP contribution in [0.25, 0.3) is 33.3 Å². The Morgan fingerprint density at radius 2 is 1.82 bits per heavy atom. The molecule has 10 nitrogen and oxygen atoms in total. The molecule has 11 heteroatoms. The Labute approximate surface area is 197 Å². The van der Waals surface area contributed by atoms with Crippen molar-refractivity contribution in [3.8, 4) is 11.4 Å². The van der Waals surface area contributed by atoms with Gasteiger partial charge >= 0.3 is 5.97 Å². The van der Waals surface area contributed by atoms with Crippen LogP contribution < -0.4 is 4.72 Å². The molecule has 1 N–H and O–H groups in total. The summed E-state index contributed by atoms with van der Waals surface area (Å²) in [5, 5.41) is 13.6. The number of carbonyl (C=O) groups excluding carboxylic acids is 1. The predicted molar refractivity (Wildman–Crippen MR) is 126 cm³/mol. The van der Waals surface area contributed by atoms with Crippen LogP contribution in [0.3, 0.4) is 0 Å². The number of hydrogen-bond acceptors (Lipinski definition) is 8. The lowest BCUT2D eigenvalue weighted by Gasteiger charge is -2.26. The number of tetrazole rings is 1. The van der Waals surface area contributed by atoms with Crippen molar-refractivity contribution in [2.24, 2.45) is 13.0 Å². The molecule has 0 amide bonds. The molecule has 4 rings (SSSR count). The number of esters is 1. The molecule has 0 aliphatic rings. The van der Waals surface area contributed by atoms with Gasteiger partial charge in [0, 0.05) is 22.4 Å². The van der Waals surface area contributed by atoms with Crippen LogP contribution in [0.15, 0.2) is 45.7 Å². The minimum atomic E-state index is -4.02. The first-order chi connectivity index (χ1) is 15.8. The molecule has 4 aromatic rings. The Morgan fingerprint density at radius 3 is 2.44 bits per heavy atom. The van der Waals surface area contributed by atoms with Gasteiger partial charge in [-0.3, -0.25) is 4.79 Å². The lowest BCUT2D eigenvalue weighted by atomic mass is 10.1. The minimum absolute atomic E-state index is 0.0101. The van der Waals surface area contributed by atoms with Gasteiger partial charge in [0.15, 0.2) is 0 Å². The number of fused-ring (bicyclic) bond motifs is 3. The second-order valence-corrected chi connectivity index (χ2v) is 11.2. The average molecular weight is 486 g/mol. The van der Waals surface area contributed by atoms with E-state index in [4.69, 9.17) is 9.15 Å². The van der Waals surface area contributed by atoms with Crippen LogP contribution in [0.1, 0.15) is 34.6 Å². The number of aryl methyl sites for hydroxylation is 1. The maximum atomic E-state index is 13.1. The summed E-state index contributed by atoms with van der Waals surface area (Å²) in [6.45, 7) is 8.71. The summed E-state index contributed by atoms with van der Waals surface area (Å²) >= 11 is 0. The maximum absolute atomic E-state index is 13.1. The van der Waals surface area contributed by atoms with E-state index in [1.807, 2.05) is 12.1 Å². The van der Waals surface area contributed by atoms with Gasteiger partial charge in [-0.05, 0) is 62.2 Å². The second kappa shape index (κ2) is 8.48. The third kappa shape index (κ3) is 4.80. The van der Waals surface area contributed by atoms with Gasteiger partial charge in [0.1, 0.15) is 22.8 Å². The molecule has 2 aromatic carbocycles. The Morgan fingerprint density at radius 1 is 1.09 bits per heavy atom. The smallest absolute Gasteiger partial charge is 0.324 e. The van der Waals surface area contributed by atoms with E-state index in [0.29, 0.717) is 17.0 Å². The Bertz CT molecular complexity index is 1480. The molecule has 0 radical (unpaired) electrons. The Balaban J connectivity index is 1.68. The quantitative estimate of drug-likeness (QED) is 0.411. The van der Waals surface area contributed by atoms with E-state index in [1.54, 1.807) is 53.8 Å². The first-order valence-corrected chi connectivity index (χ1v) is 12.3. The highest BCUT2D eigenvalue weighted by Gasteiger charge is 2.32. The van der Waals surface area contributed by atoms with Crippen LogP contribution in [0.5, 0.6) is 0 Å². The molecule has 2 heterocycles. The van der Waals surface area contributed by atoms with Gasteiger partial charge in [-0.2, -0.15) is 9.52 Å². The molecule has 0 aliphatic heterocycles. The molecule has 0 unspecified atom stereocenters. The second-order valence-electron chi connectivity index (χ2n) is 9.45. The fraction of sp³-hybridized carbons (Fsp3) is 0.391. The zero-order chi connectivity index (χ0) is 24.8. The molecular weight excluding hydrogens is 458 g/mol. The summed E-state index contributed by atoms with van der Waals surface area (Å²) in [6.07, 6.45) is 0. The van der Waals surface area contributed by atoms with E-state index in [2.05, 4.69) is 20.1 Å². The third-order valence-corrected chi connectivity index (χ3v) is 6.57. The maximum Gasteiger partial charge on any atom is 0.324 e. The molecule has 2 aromatic heterocycles. The molecule has 34 heavy (non-hydrogen) atoms. The standard InChI is InChI=1S/C23H27N5O5S/c1-13(2)20(22(29)33-23(3,4)5)26-34(30,31)15-8-9-16-17-11-14(21-24-27-28(6)25-21)7-10-18(17)32-19(16)12-15/h7-13,20,26H,1-6H3/t20-/m0/s1. The molecule has 180 valence electrons. The Kier molecular flexibility index (Phi) is 5.94. The van der Waals surface area contributed by atoms with E-state index in [9.17, 15) is 13.2 Å². The van der Waals surface area contributed by atoms with E-state index in [0.717, 1.165) is 16.3 Å². The summed E-state index contributed by atoms with van der Waals surface area (Å²) in [5.41, 5.74) is 1.03. The highest BCUT2D eigenvalue weighted by atomic mass is 32.2. The van der Waals surface area contributed by atoms with Crippen LogP contribution >= 0.6 is 0 Å². The number of benzene rings is 2. The van der Waals surface area contributed by atoms with Crippen LogP contribution in [0.4, 0.5) is 0 Å². The normalized spacial score (nSPS) is 13.6. The number of sulfonamides is 1. The van der Waals surface area contributed by atoms with Gasteiger partial charge in [-0.25, -0.2) is 8.42 Å². The van der Waals surface area contributed by atoms with E-state index >= 15 is 0 Å². The van der Waals surface area contributed by atoms with E-state index in [-0.39, 0.29) is 10.8 Å². The van der Waals surface area contributed by atoms with Gasteiger partial charge in [0.2, 0.25) is 15.8 Å². The van der Waals surface area contributed by atoms with Crippen molar-refractivity contribution < 1.29 is 22.4 Å². The lowest BCUT2D eigenvalue weighted by molar-refractivity contribution is -0.158. The number of nitrogens with zero attached hydrogens (tertiary/aromatic N) is 4. The number of carbonyl (C=O) groups is 1. The van der Waals surface area contributed by atoms with Crippen LogP contribution in [0, 0.1) is 5.92 Å². The van der Waals surface area contributed by atoms with Crippen molar-refractivity contribution in [1.82, 2.24) is 24.9 Å². The van der Waals surface area contributed by atoms with E-state index in [1.165, 1.54) is 16.9 Å². The first kappa shape index (κ1) is 23.8. The summed E-state index contributed by atoms with van der Waals surface area (Å²) in [7, 11) is -2.34. The zero-order valence-corrected chi connectivity index (χ0v) is 20.7. The molecular formula is C23H27N5O5S. The van der Waals surface area contributed by atoms with Gasteiger partial charge in [0.05, 0.1) is 11.9 Å². The summed E-state index contributed by atoms with van der Waals surface area (Å²) < 4.78 is 40.1. The van der Waals surface area contributed by atoms with Crippen molar-refractivity contribution in [2.75, 3.05) is 0 Å². The monoisotopic (exact) mass is 485 g/mol. The zero-order valence-electron chi connectivity index (χ0n) is 19.9. The Hall–Kier alpha value is -3.31. The average Bonchev–Trinajstić information content (AvgIpc) is 3.32. The van der Waals surface area contributed by atoms with Crippen LogP contribution in [-0.4, -0.2) is 46.2 Å². The van der Waals surface area contributed by atoms with Crippen molar-refractivity contribution in [3.05, 3.63) is 36.4 Å². The van der Waals surface area contributed by atoms with Crippen molar-refractivity contribution >= 4 is 37.9 Å². The van der Waals surface area contributed by atoms with Crippen molar-refractivity contribution in [3.63, 3.8) is 0 Å². The largest absolute Gasteiger partial charge is 0.459 e. The minimum Gasteiger partial charge on any atom is -0.459 e. The molecule has 1 atom stereocenters. The first-order valence-electron chi connectivity index (χ1n) is 10.8. The molecule has 0 aliphatic carbocycles. The fourth-order valence-corrected chi connectivity index (χ4v) is 4.87. The number of furan rings is 1. The van der Waals surface area contributed by atoms with Gasteiger partial charge in [-0.15, -0.1) is 10.2 Å². The molecule has 0 fully saturated rings. The summed E-state index contributed by atoms with van der Waals surface area (Å²) in [6, 6.07) is 9.06. The van der Waals surface area contributed by atoms with Crippen molar-refractivity contribution in [2.45, 2.75) is 51.2 Å². The van der Waals surface area contributed by atoms with Crippen molar-refractivity contribution in [1.29, 1.82) is 0 Å². The van der Waals surface area contributed by atoms with Crippen LogP contribution in [-0.2, 0) is 26.6 Å². The predicted octanol–water partition coefficient (Wildman–Crippen LogP) is 3.42. The highest BCUT2D eigenvalue weighted by Crippen LogP contribution is 2.33. The van der Waals surface area contributed by atoms with Gasteiger partial charge in [0.25, 0.3) is 0 Å². The van der Waals surface area contributed by atoms with Gasteiger partial charge in [-0.1, -0.05) is 13.8 Å². The molecule has 0 saturated heterocycles. The number of hydrogen-bond donors (Lipinski definition) is 1. The third-order valence-electron chi connectivity index (χ3n) is 5.13. The van der Waals surface area contributed by atoms with Crippen LogP contribution in [0.2, 0.25) is 0 Å². The lowest BCUT2D eigenvalue weighted by Crippen LogP contribution is -2.47. The molecule has 0 saturated carbocycles. The van der Waals surface area contributed by atoms with E-state index < -0.39 is 27.6 Å². The summed E-state index contributed by atoms with van der Waals surface area (Å²) in [4.78, 5) is 14.0. The highest BCUT2D eigenvalue weighted by molar-refractivity contribution is 7.89. The number of rotatable bonds is 6.